The van der Waals surface area contributed by atoms with Gasteiger partial charge in [-0.3, -0.25) is 0 Å². The Morgan fingerprint density at radius 2 is 1.83 bits per heavy atom. The lowest BCUT2D eigenvalue weighted by Gasteiger charge is -1.98. The van der Waals surface area contributed by atoms with Gasteiger partial charge in [0.15, 0.2) is 0 Å². The Balaban J connectivity index is 2.16. The molecule has 0 aliphatic rings. The minimum Gasteiger partial charge on any atom is -0.237 e. The molecule has 12 heavy (non-hydrogen) atoms. The topological polar surface area (TPSA) is 19.9 Å². The fraction of sp³-hybridized carbons (Fsp3) is 0.400. The Morgan fingerprint density at radius 3 is 2.50 bits per heavy atom. The molecule has 0 saturated heterocycles. The SMILES string of the molecule is [O]CCCCSc1ccccc1. The van der Waals surface area contributed by atoms with Crippen molar-refractivity contribution < 1.29 is 5.11 Å². The first-order chi connectivity index (χ1) is 5.93. The molecular formula is C10H13OS. The summed E-state index contributed by atoms with van der Waals surface area (Å²) in [7, 11) is 0. The van der Waals surface area contributed by atoms with Crippen LogP contribution in [0.1, 0.15) is 12.8 Å². The zero-order chi connectivity index (χ0) is 8.65. The van der Waals surface area contributed by atoms with Gasteiger partial charge in [-0.2, -0.15) is 0 Å². The summed E-state index contributed by atoms with van der Waals surface area (Å²) in [6.45, 7) is 0.0648. The largest absolute Gasteiger partial charge is 0.237 e. The number of rotatable bonds is 5. The van der Waals surface area contributed by atoms with Gasteiger partial charge in [-0.05, 0) is 30.7 Å². The normalized spacial score (nSPS) is 10.1. The van der Waals surface area contributed by atoms with Crippen molar-refractivity contribution in [3.8, 4) is 0 Å². The summed E-state index contributed by atoms with van der Waals surface area (Å²) < 4.78 is 0. The highest BCUT2D eigenvalue weighted by atomic mass is 32.2. The molecule has 1 radical (unpaired) electrons. The zero-order valence-electron chi connectivity index (χ0n) is 7.03. The van der Waals surface area contributed by atoms with Crippen molar-refractivity contribution in [3.05, 3.63) is 30.3 Å². The first-order valence-corrected chi connectivity index (χ1v) is 5.18. The number of unbranched alkanes of at least 4 members (excludes halogenated alkanes) is 1. The van der Waals surface area contributed by atoms with Crippen LogP contribution < -0.4 is 0 Å². The maximum Gasteiger partial charge on any atom is 0.0822 e. The lowest BCUT2D eigenvalue weighted by molar-refractivity contribution is 0.188. The number of hydrogen-bond acceptors (Lipinski definition) is 1. The van der Waals surface area contributed by atoms with Crippen LogP contribution in [0, 0.1) is 0 Å². The number of hydrogen-bond donors (Lipinski definition) is 0. The summed E-state index contributed by atoms with van der Waals surface area (Å²) in [4.78, 5) is 1.29. The molecule has 0 amide bonds. The summed E-state index contributed by atoms with van der Waals surface area (Å²) in [6, 6.07) is 10.3. The molecule has 0 aliphatic heterocycles. The minimum atomic E-state index is 0.0648. The van der Waals surface area contributed by atoms with E-state index >= 15 is 0 Å². The van der Waals surface area contributed by atoms with Crippen LogP contribution in [0.5, 0.6) is 0 Å². The molecule has 2 heteroatoms. The Bertz CT molecular complexity index is 198. The molecule has 0 saturated carbocycles. The summed E-state index contributed by atoms with van der Waals surface area (Å²) in [5, 5.41) is 10.1. The van der Waals surface area contributed by atoms with E-state index in [4.69, 9.17) is 0 Å². The third-order valence-electron chi connectivity index (χ3n) is 1.55. The molecule has 0 aromatic heterocycles. The monoisotopic (exact) mass is 181 g/mol. The average Bonchev–Trinajstić information content (AvgIpc) is 2.14. The van der Waals surface area contributed by atoms with Gasteiger partial charge in [0.05, 0.1) is 6.61 Å². The summed E-state index contributed by atoms with van der Waals surface area (Å²) in [6.07, 6.45) is 1.84. The van der Waals surface area contributed by atoms with Crippen LogP contribution in [0.25, 0.3) is 0 Å². The van der Waals surface area contributed by atoms with Crippen molar-refractivity contribution in [3.63, 3.8) is 0 Å². The van der Waals surface area contributed by atoms with Crippen molar-refractivity contribution in [1.29, 1.82) is 0 Å². The summed E-state index contributed by atoms with van der Waals surface area (Å²) >= 11 is 1.82. The smallest absolute Gasteiger partial charge is 0.0822 e. The second-order valence-corrected chi connectivity index (χ2v) is 3.74. The lowest BCUT2D eigenvalue weighted by Crippen LogP contribution is -1.83. The second-order valence-electron chi connectivity index (χ2n) is 2.57. The first-order valence-electron chi connectivity index (χ1n) is 4.19. The van der Waals surface area contributed by atoms with Crippen LogP contribution in [0.3, 0.4) is 0 Å². The van der Waals surface area contributed by atoms with Crippen LogP contribution in [0.4, 0.5) is 0 Å². The van der Waals surface area contributed by atoms with E-state index in [9.17, 15) is 5.11 Å². The van der Waals surface area contributed by atoms with Gasteiger partial charge in [-0.15, -0.1) is 11.8 Å². The fourth-order valence-corrected chi connectivity index (χ4v) is 1.84. The third-order valence-corrected chi connectivity index (χ3v) is 2.65. The Kier molecular flexibility index (Phi) is 4.88. The van der Waals surface area contributed by atoms with Crippen molar-refractivity contribution in [2.24, 2.45) is 0 Å². The van der Waals surface area contributed by atoms with Gasteiger partial charge >= 0.3 is 0 Å². The van der Waals surface area contributed by atoms with Gasteiger partial charge in [-0.25, -0.2) is 5.11 Å². The molecule has 0 aliphatic carbocycles. The van der Waals surface area contributed by atoms with Crippen molar-refractivity contribution >= 4 is 11.8 Å². The maximum absolute atomic E-state index is 10.1. The summed E-state index contributed by atoms with van der Waals surface area (Å²) in [5.74, 6) is 1.06. The molecule has 0 atom stereocenters. The van der Waals surface area contributed by atoms with E-state index in [1.807, 2.05) is 30.0 Å². The van der Waals surface area contributed by atoms with Crippen molar-refractivity contribution in [1.82, 2.24) is 0 Å². The molecule has 1 nitrogen and oxygen atoms in total. The van der Waals surface area contributed by atoms with Crippen LogP contribution in [0.2, 0.25) is 0 Å². The van der Waals surface area contributed by atoms with E-state index in [-0.39, 0.29) is 6.61 Å². The average molecular weight is 181 g/mol. The highest BCUT2D eigenvalue weighted by Gasteiger charge is 1.91. The first kappa shape index (κ1) is 9.62. The molecule has 1 rings (SSSR count). The van der Waals surface area contributed by atoms with E-state index in [2.05, 4.69) is 12.1 Å². The standard InChI is InChI=1S/C10H13OS/c11-8-4-5-9-12-10-6-2-1-3-7-10/h1-3,6-7H,4-5,8-9H2. The van der Waals surface area contributed by atoms with E-state index in [0.29, 0.717) is 0 Å². The van der Waals surface area contributed by atoms with E-state index < -0.39 is 0 Å². The molecule has 1 aromatic rings. The second kappa shape index (κ2) is 6.09. The molecule has 0 N–H and O–H groups in total. The van der Waals surface area contributed by atoms with E-state index in [1.54, 1.807) is 0 Å². The highest BCUT2D eigenvalue weighted by molar-refractivity contribution is 7.99. The fourth-order valence-electron chi connectivity index (χ4n) is 0.911. The molecular weight excluding hydrogens is 168 g/mol. The van der Waals surface area contributed by atoms with Crippen LogP contribution >= 0.6 is 11.8 Å². The van der Waals surface area contributed by atoms with E-state index in [0.717, 1.165) is 18.6 Å². The number of benzene rings is 1. The molecule has 0 spiro atoms. The Labute approximate surface area is 77.8 Å². The number of thioether (sulfide) groups is 1. The molecule has 1 aromatic carbocycles. The van der Waals surface area contributed by atoms with Crippen LogP contribution in [-0.2, 0) is 5.11 Å². The molecule has 0 bridgehead atoms. The third kappa shape index (κ3) is 3.79. The Hall–Kier alpha value is -0.470. The van der Waals surface area contributed by atoms with Crippen molar-refractivity contribution in [2.75, 3.05) is 12.4 Å². The quantitative estimate of drug-likeness (QED) is 0.505. The van der Waals surface area contributed by atoms with Gasteiger partial charge in [0, 0.05) is 4.90 Å². The minimum absolute atomic E-state index is 0.0648. The summed E-state index contributed by atoms with van der Waals surface area (Å²) in [5.41, 5.74) is 0. The predicted molar refractivity (Wildman–Crippen MR) is 52.0 cm³/mol. The molecule has 0 fully saturated rings. The van der Waals surface area contributed by atoms with Gasteiger partial charge in [0.2, 0.25) is 0 Å². The van der Waals surface area contributed by atoms with Gasteiger partial charge in [-0.1, -0.05) is 18.2 Å². The zero-order valence-corrected chi connectivity index (χ0v) is 7.85. The van der Waals surface area contributed by atoms with Crippen LogP contribution in [-0.4, -0.2) is 12.4 Å². The predicted octanol–water partition coefficient (Wildman–Crippen LogP) is 2.99. The molecule has 0 heterocycles. The van der Waals surface area contributed by atoms with Gasteiger partial charge in [0.25, 0.3) is 0 Å². The van der Waals surface area contributed by atoms with Gasteiger partial charge in [0.1, 0.15) is 0 Å². The highest BCUT2D eigenvalue weighted by Crippen LogP contribution is 2.17. The lowest BCUT2D eigenvalue weighted by atomic mass is 10.4. The van der Waals surface area contributed by atoms with Crippen LogP contribution in [0.15, 0.2) is 35.2 Å². The van der Waals surface area contributed by atoms with Gasteiger partial charge < -0.3 is 0 Å². The molecule has 0 unspecified atom stereocenters. The Morgan fingerprint density at radius 1 is 1.08 bits per heavy atom. The maximum atomic E-state index is 10.1. The van der Waals surface area contributed by atoms with Crippen molar-refractivity contribution in [2.45, 2.75) is 17.7 Å². The molecule has 65 valence electrons. The van der Waals surface area contributed by atoms with E-state index in [1.165, 1.54) is 4.90 Å².